The van der Waals surface area contributed by atoms with E-state index in [0.717, 1.165) is 0 Å². The van der Waals surface area contributed by atoms with Gasteiger partial charge in [-0.25, -0.2) is 8.78 Å². The molecule has 0 radical (unpaired) electrons. The predicted molar refractivity (Wildman–Crippen MR) is 49.7 cm³/mol. The standard InChI is InChI=1S/C9H9F5N2O2/c10-8(11)7-4(1-15)5(3-17)16-2-6(7)18-9(12,13)14/h2,8,17H,1,3,15H2. The third kappa shape index (κ3) is 3.26. The molecule has 1 heterocycles. The molecule has 0 aliphatic carbocycles. The van der Waals surface area contributed by atoms with E-state index in [4.69, 9.17) is 10.8 Å². The number of nitrogens with zero attached hydrogens (tertiary/aromatic N) is 1. The number of alkyl halides is 5. The van der Waals surface area contributed by atoms with E-state index in [-0.39, 0.29) is 11.3 Å². The van der Waals surface area contributed by atoms with E-state index >= 15 is 0 Å². The first-order chi connectivity index (χ1) is 8.30. The molecule has 0 aromatic carbocycles. The van der Waals surface area contributed by atoms with Crippen LogP contribution in [0.1, 0.15) is 23.2 Å². The number of ether oxygens (including phenoxy) is 1. The van der Waals surface area contributed by atoms with E-state index in [9.17, 15) is 22.0 Å². The highest BCUT2D eigenvalue weighted by Crippen LogP contribution is 2.35. The van der Waals surface area contributed by atoms with Gasteiger partial charge < -0.3 is 15.6 Å². The maximum Gasteiger partial charge on any atom is 0.573 e. The number of pyridine rings is 1. The molecule has 0 saturated carbocycles. The van der Waals surface area contributed by atoms with Crippen molar-refractivity contribution in [1.82, 2.24) is 4.98 Å². The SMILES string of the molecule is NCc1c(CO)ncc(OC(F)(F)F)c1C(F)F. The van der Waals surface area contributed by atoms with Crippen LogP contribution in [-0.4, -0.2) is 16.5 Å². The van der Waals surface area contributed by atoms with E-state index in [1.165, 1.54) is 0 Å². The zero-order valence-electron chi connectivity index (χ0n) is 8.84. The highest BCUT2D eigenvalue weighted by molar-refractivity contribution is 5.42. The number of nitrogens with two attached hydrogens (primary N) is 1. The fraction of sp³-hybridized carbons (Fsp3) is 0.444. The first-order valence-electron chi connectivity index (χ1n) is 4.65. The topological polar surface area (TPSA) is 68.4 Å². The van der Waals surface area contributed by atoms with Crippen LogP contribution in [0.25, 0.3) is 0 Å². The monoisotopic (exact) mass is 272 g/mol. The number of aromatic nitrogens is 1. The second-order valence-electron chi connectivity index (χ2n) is 3.17. The van der Waals surface area contributed by atoms with Crippen LogP contribution in [0.3, 0.4) is 0 Å². The molecule has 4 nitrogen and oxygen atoms in total. The zero-order valence-corrected chi connectivity index (χ0v) is 8.84. The molecule has 3 N–H and O–H groups in total. The number of hydrogen-bond donors (Lipinski definition) is 2. The molecule has 18 heavy (non-hydrogen) atoms. The molecule has 0 unspecified atom stereocenters. The van der Waals surface area contributed by atoms with Gasteiger partial charge in [0, 0.05) is 12.1 Å². The predicted octanol–water partition coefficient (Wildman–Crippen LogP) is 1.87. The van der Waals surface area contributed by atoms with Gasteiger partial charge in [-0.15, -0.1) is 13.2 Å². The van der Waals surface area contributed by atoms with E-state index in [1.807, 2.05) is 0 Å². The van der Waals surface area contributed by atoms with Gasteiger partial charge >= 0.3 is 6.36 Å². The van der Waals surface area contributed by atoms with E-state index < -0.39 is 37.3 Å². The molecule has 0 aliphatic rings. The summed E-state index contributed by atoms with van der Waals surface area (Å²) >= 11 is 0. The smallest absolute Gasteiger partial charge is 0.404 e. The molecular weight excluding hydrogens is 263 g/mol. The summed E-state index contributed by atoms with van der Waals surface area (Å²) in [7, 11) is 0. The minimum atomic E-state index is -5.11. The largest absolute Gasteiger partial charge is 0.573 e. The molecule has 0 fully saturated rings. The Morgan fingerprint density at radius 1 is 1.39 bits per heavy atom. The third-order valence-corrected chi connectivity index (χ3v) is 2.07. The number of aliphatic hydroxyl groups excluding tert-OH is 1. The minimum Gasteiger partial charge on any atom is -0.404 e. The molecule has 9 heteroatoms. The summed E-state index contributed by atoms with van der Waals surface area (Å²) in [5.41, 5.74) is 3.61. The van der Waals surface area contributed by atoms with Gasteiger partial charge in [0.15, 0.2) is 5.75 Å². The lowest BCUT2D eigenvalue weighted by Crippen LogP contribution is -2.20. The first kappa shape index (κ1) is 14.6. The van der Waals surface area contributed by atoms with Crippen LogP contribution in [0.4, 0.5) is 22.0 Å². The van der Waals surface area contributed by atoms with Crippen molar-refractivity contribution in [3.05, 3.63) is 23.0 Å². The summed E-state index contributed by atoms with van der Waals surface area (Å²) in [6.07, 6.45) is -7.85. The first-order valence-corrected chi connectivity index (χ1v) is 4.65. The molecule has 102 valence electrons. The molecular formula is C9H9F5N2O2. The Morgan fingerprint density at radius 3 is 2.39 bits per heavy atom. The fourth-order valence-electron chi connectivity index (χ4n) is 1.40. The lowest BCUT2D eigenvalue weighted by atomic mass is 10.1. The maximum absolute atomic E-state index is 12.8. The van der Waals surface area contributed by atoms with Gasteiger partial charge in [-0.1, -0.05) is 0 Å². The number of aliphatic hydroxyl groups is 1. The average molecular weight is 272 g/mol. The van der Waals surface area contributed by atoms with Crippen molar-refractivity contribution in [3.63, 3.8) is 0 Å². The minimum absolute atomic E-state index is 0.206. The molecule has 0 aliphatic heterocycles. The van der Waals surface area contributed by atoms with Crippen molar-refractivity contribution in [3.8, 4) is 5.75 Å². The molecule has 0 amide bonds. The Labute approximate surface area is 98.2 Å². The molecule has 0 bridgehead atoms. The van der Waals surface area contributed by atoms with Crippen LogP contribution >= 0.6 is 0 Å². The molecule has 1 aromatic heterocycles. The Kier molecular flexibility index (Phi) is 4.41. The summed E-state index contributed by atoms with van der Waals surface area (Å²) < 4.78 is 65.0. The van der Waals surface area contributed by atoms with Crippen LogP contribution in [-0.2, 0) is 13.2 Å². The normalized spacial score (nSPS) is 12.0. The van der Waals surface area contributed by atoms with Crippen LogP contribution in [0.15, 0.2) is 6.20 Å². The highest BCUT2D eigenvalue weighted by atomic mass is 19.4. The maximum atomic E-state index is 12.8. The summed E-state index contributed by atoms with van der Waals surface area (Å²) in [5.74, 6) is -1.12. The van der Waals surface area contributed by atoms with Crippen LogP contribution in [0.2, 0.25) is 0 Å². The van der Waals surface area contributed by atoms with Gasteiger partial charge in [0.05, 0.1) is 24.1 Å². The second-order valence-corrected chi connectivity index (χ2v) is 3.17. The van der Waals surface area contributed by atoms with E-state index in [1.54, 1.807) is 0 Å². The van der Waals surface area contributed by atoms with Gasteiger partial charge in [-0.2, -0.15) is 0 Å². The van der Waals surface area contributed by atoms with Gasteiger partial charge in [0.25, 0.3) is 6.43 Å². The number of hydrogen-bond acceptors (Lipinski definition) is 4. The van der Waals surface area contributed by atoms with Crippen molar-refractivity contribution in [2.45, 2.75) is 25.9 Å². The fourth-order valence-corrected chi connectivity index (χ4v) is 1.40. The molecule has 1 rings (SSSR count). The Hall–Kier alpha value is -1.48. The molecule has 0 spiro atoms. The van der Waals surface area contributed by atoms with Crippen molar-refractivity contribution in [2.24, 2.45) is 5.73 Å². The van der Waals surface area contributed by atoms with Crippen LogP contribution < -0.4 is 10.5 Å². The van der Waals surface area contributed by atoms with Gasteiger partial charge in [-0.3, -0.25) is 4.98 Å². The lowest BCUT2D eigenvalue weighted by Gasteiger charge is -2.17. The van der Waals surface area contributed by atoms with Crippen LogP contribution in [0, 0.1) is 0 Å². The highest BCUT2D eigenvalue weighted by Gasteiger charge is 2.34. The van der Waals surface area contributed by atoms with Crippen LogP contribution in [0.5, 0.6) is 5.75 Å². The molecule has 0 saturated heterocycles. The number of rotatable bonds is 4. The Bertz CT molecular complexity index is 422. The van der Waals surface area contributed by atoms with Gasteiger partial charge in [0.1, 0.15) is 0 Å². The summed E-state index contributed by atoms with van der Waals surface area (Å²) in [4.78, 5) is 3.41. The summed E-state index contributed by atoms with van der Waals surface area (Å²) in [6, 6.07) is 0. The van der Waals surface area contributed by atoms with E-state index in [0.29, 0.717) is 6.20 Å². The van der Waals surface area contributed by atoms with E-state index in [2.05, 4.69) is 9.72 Å². The zero-order chi connectivity index (χ0) is 13.9. The Morgan fingerprint density at radius 2 is 2.00 bits per heavy atom. The van der Waals surface area contributed by atoms with Crippen molar-refractivity contribution in [2.75, 3.05) is 0 Å². The number of halogens is 5. The summed E-state index contributed by atoms with van der Waals surface area (Å²) in [6.45, 7) is -1.20. The van der Waals surface area contributed by atoms with Crippen molar-refractivity contribution < 1.29 is 31.8 Å². The quantitative estimate of drug-likeness (QED) is 0.821. The third-order valence-electron chi connectivity index (χ3n) is 2.07. The molecule has 0 atom stereocenters. The summed E-state index contributed by atoms with van der Waals surface area (Å²) in [5, 5.41) is 8.85. The average Bonchev–Trinajstić information content (AvgIpc) is 2.25. The lowest BCUT2D eigenvalue weighted by molar-refractivity contribution is -0.275. The Balaban J connectivity index is 3.35. The molecule has 1 aromatic rings. The van der Waals surface area contributed by atoms with Gasteiger partial charge in [-0.05, 0) is 0 Å². The van der Waals surface area contributed by atoms with Gasteiger partial charge in [0.2, 0.25) is 0 Å². The van der Waals surface area contributed by atoms with Crippen molar-refractivity contribution in [1.29, 1.82) is 0 Å². The second kappa shape index (κ2) is 5.44. The van der Waals surface area contributed by atoms with Crippen molar-refractivity contribution >= 4 is 0 Å².